The predicted molar refractivity (Wildman–Crippen MR) is 123 cm³/mol. The smallest absolute Gasteiger partial charge is 0.191 e. The minimum Gasteiger partial charge on any atom is -0.381 e. The van der Waals surface area contributed by atoms with Gasteiger partial charge in [0.2, 0.25) is 0 Å². The maximum absolute atomic E-state index is 6.05. The molecule has 0 spiro atoms. The molecule has 0 bridgehead atoms. The molecular weight excluding hydrogens is 461 g/mol. The Morgan fingerprint density at radius 2 is 2.00 bits per heavy atom. The van der Waals surface area contributed by atoms with Gasteiger partial charge in [0, 0.05) is 49.6 Å². The van der Waals surface area contributed by atoms with E-state index < -0.39 is 0 Å². The van der Waals surface area contributed by atoms with Gasteiger partial charge in [-0.3, -0.25) is 4.99 Å². The maximum atomic E-state index is 6.05. The van der Waals surface area contributed by atoms with Gasteiger partial charge in [-0.2, -0.15) is 11.8 Å². The third-order valence-electron chi connectivity index (χ3n) is 5.94. The number of guanidine groups is 1. The molecule has 2 rings (SSSR count). The first-order valence-corrected chi connectivity index (χ1v) is 10.9. The van der Waals surface area contributed by atoms with Crippen LogP contribution in [-0.2, 0) is 9.47 Å². The lowest BCUT2D eigenvalue weighted by Gasteiger charge is -2.52. The monoisotopic (exact) mass is 499 g/mol. The van der Waals surface area contributed by atoms with E-state index in [4.69, 9.17) is 9.47 Å². The summed E-state index contributed by atoms with van der Waals surface area (Å²) in [4.78, 5) is 4.44. The average molecular weight is 500 g/mol. The first-order valence-electron chi connectivity index (χ1n) is 9.69. The molecule has 1 aliphatic heterocycles. The number of nitrogens with one attached hydrogen (secondary N) is 2. The average Bonchev–Trinajstić information content (AvgIpc) is 2.63. The quantitative estimate of drug-likeness (QED) is 0.231. The Balaban J connectivity index is 0.00000338. The zero-order valence-electron chi connectivity index (χ0n) is 17.1. The number of ether oxygens (including phenoxy) is 2. The van der Waals surface area contributed by atoms with Crippen molar-refractivity contribution in [3.05, 3.63) is 0 Å². The molecule has 1 aliphatic carbocycles. The highest BCUT2D eigenvalue weighted by Crippen LogP contribution is 2.42. The minimum absolute atomic E-state index is 0. The van der Waals surface area contributed by atoms with E-state index >= 15 is 0 Å². The van der Waals surface area contributed by atoms with E-state index in [2.05, 4.69) is 42.7 Å². The van der Waals surface area contributed by atoms with Crippen LogP contribution in [0.1, 0.15) is 52.9 Å². The molecule has 0 aromatic rings. The largest absolute Gasteiger partial charge is 0.381 e. The Morgan fingerprint density at radius 3 is 2.54 bits per heavy atom. The van der Waals surface area contributed by atoms with Crippen LogP contribution in [-0.4, -0.2) is 62.5 Å². The molecule has 1 saturated carbocycles. The summed E-state index contributed by atoms with van der Waals surface area (Å²) in [5.74, 6) is 0.907. The van der Waals surface area contributed by atoms with Gasteiger partial charge in [0.1, 0.15) is 0 Å². The molecule has 2 aliphatic rings. The Labute approximate surface area is 181 Å². The first-order chi connectivity index (χ1) is 12.0. The van der Waals surface area contributed by atoms with Crippen LogP contribution in [0, 0.1) is 5.41 Å². The molecule has 154 valence electrons. The molecule has 0 radical (unpaired) electrons. The van der Waals surface area contributed by atoms with E-state index in [0.29, 0.717) is 12.1 Å². The summed E-state index contributed by atoms with van der Waals surface area (Å²) in [5.41, 5.74) is 0.140. The van der Waals surface area contributed by atoms with E-state index in [1.54, 1.807) is 0 Å². The summed E-state index contributed by atoms with van der Waals surface area (Å²) in [7, 11) is 1.85. The molecular formula is C19H38IN3O2S. The van der Waals surface area contributed by atoms with Gasteiger partial charge < -0.3 is 20.1 Å². The molecule has 2 N–H and O–H groups in total. The van der Waals surface area contributed by atoms with Gasteiger partial charge in [-0.25, -0.2) is 0 Å². The number of thioether (sulfide) groups is 1. The van der Waals surface area contributed by atoms with Crippen molar-refractivity contribution in [2.75, 3.05) is 39.7 Å². The van der Waals surface area contributed by atoms with Gasteiger partial charge >= 0.3 is 0 Å². The van der Waals surface area contributed by atoms with E-state index in [9.17, 15) is 0 Å². The fraction of sp³-hybridized carbons (Fsp3) is 0.947. The number of hydrogen-bond acceptors (Lipinski definition) is 4. The van der Waals surface area contributed by atoms with Crippen molar-refractivity contribution in [2.24, 2.45) is 10.4 Å². The number of rotatable bonds is 8. The fourth-order valence-corrected chi connectivity index (χ4v) is 4.38. The molecule has 26 heavy (non-hydrogen) atoms. The highest BCUT2D eigenvalue weighted by atomic mass is 127. The second kappa shape index (κ2) is 11.3. The number of hydrogen-bond donors (Lipinski definition) is 2. The lowest BCUT2D eigenvalue weighted by Crippen LogP contribution is -2.64. The molecule has 2 unspecified atom stereocenters. The van der Waals surface area contributed by atoms with Crippen molar-refractivity contribution in [2.45, 2.75) is 69.8 Å². The number of unbranched alkanes of at least 4 members (excludes halogenated alkanes) is 1. The highest BCUT2D eigenvalue weighted by Gasteiger charge is 2.49. The summed E-state index contributed by atoms with van der Waals surface area (Å²) in [6.07, 6.45) is 8.14. The van der Waals surface area contributed by atoms with Crippen molar-refractivity contribution in [1.82, 2.24) is 10.6 Å². The van der Waals surface area contributed by atoms with Gasteiger partial charge in [0.25, 0.3) is 0 Å². The maximum Gasteiger partial charge on any atom is 0.191 e. The van der Waals surface area contributed by atoms with E-state index in [1.807, 2.05) is 18.8 Å². The summed E-state index contributed by atoms with van der Waals surface area (Å²) in [6.45, 7) is 10.3. The zero-order valence-corrected chi connectivity index (χ0v) is 20.2. The fourth-order valence-electron chi connectivity index (χ4n) is 3.58. The van der Waals surface area contributed by atoms with Crippen LogP contribution < -0.4 is 10.6 Å². The first kappa shape index (κ1) is 24.3. The summed E-state index contributed by atoms with van der Waals surface area (Å²) in [6, 6.07) is 0.408. The highest BCUT2D eigenvalue weighted by molar-refractivity contribution is 14.0. The van der Waals surface area contributed by atoms with Crippen molar-refractivity contribution in [1.29, 1.82) is 0 Å². The van der Waals surface area contributed by atoms with Gasteiger partial charge in [-0.15, -0.1) is 24.0 Å². The van der Waals surface area contributed by atoms with Crippen molar-refractivity contribution in [3.8, 4) is 0 Å². The van der Waals surface area contributed by atoms with Gasteiger partial charge in [-0.1, -0.05) is 27.2 Å². The van der Waals surface area contributed by atoms with Crippen LogP contribution in [0.4, 0.5) is 0 Å². The lowest BCUT2D eigenvalue weighted by molar-refractivity contribution is -0.113. The van der Waals surface area contributed by atoms with E-state index in [0.717, 1.165) is 58.0 Å². The number of halogens is 1. The lowest BCUT2D eigenvalue weighted by atomic mass is 9.64. The molecule has 2 fully saturated rings. The Morgan fingerprint density at radius 1 is 1.31 bits per heavy atom. The van der Waals surface area contributed by atoms with Crippen LogP contribution in [0.3, 0.4) is 0 Å². The molecule has 2 atom stereocenters. The van der Waals surface area contributed by atoms with Crippen molar-refractivity contribution in [3.63, 3.8) is 0 Å². The standard InChI is InChI=1S/C19H37N3O2S.HI/c1-6-7-10-24-16-13-15(18(16,2)3)22-17(20-4)21-14-19(25-5)8-11-23-12-9-19;/h15-16H,6-14H2,1-5H3,(H2,20,21,22);1H. The summed E-state index contributed by atoms with van der Waals surface area (Å²) >= 11 is 1.95. The van der Waals surface area contributed by atoms with Gasteiger partial charge in [0.05, 0.1) is 6.10 Å². The molecule has 0 amide bonds. The van der Waals surface area contributed by atoms with Crippen LogP contribution in [0.2, 0.25) is 0 Å². The second-order valence-electron chi connectivity index (χ2n) is 7.89. The van der Waals surface area contributed by atoms with Crippen LogP contribution >= 0.6 is 35.7 Å². The third-order valence-corrected chi connectivity index (χ3v) is 7.36. The second-order valence-corrected chi connectivity index (χ2v) is 9.17. The molecule has 7 heteroatoms. The minimum atomic E-state index is 0. The van der Waals surface area contributed by atoms with E-state index in [-0.39, 0.29) is 34.1 Å². The topological polar surface area (TPSA) is 54.9 Å². The number of nitrogens with zero attached hydrogens (tertiary/aromatic N) is 1. The van der Waals surface area contributed by atoms with Gasteiger partial charge in [-0.05, 0) is 31.9 Å². The summed E-state index contributed by atoms with van der Waals surface area (Å²) in [5, 5.41) is 7.17. The Bertz CT molecular complexity index is 443. The summed E-state index contributed by atoms with van der Waals surface area (Å²) < 4.78 is 11.8. The molecule has 1 heterocycles. The Hall–Kier alpha value is 0.270. The van der Waals surface area contributed by atoms with Crippen molar-refractivity contribution < 1.29 is 9.47 Å². The SMILES string of the molecule is CCCCOC1CC(NC(=NC)NCC2(SC)CCOCC2)C1(C)C.I. The predicted octanol–water partition coefficient (Wildman–Crippen LogP) is 3.67. The molecule has 5 nitrogen and oxygen atoms in total. The van der Waals surface area contributed by atoms with Crippen LogP contribution in [0.15, 0.2) is 4.99 Å². The zero-order chi connectivity index (χ0) is 18.3. The van der Waals surface area contributed by atoms with Crippen LogP contribution in [0.25, 0.3) is 0 Å². The molecule has 0 aromatic carbocycles. The normalized spacial score (nSPS) is 27.2. The van der Waals surface area contributed by atoms with Crippen LogP contribution in [0.5, 0.6) is 0 Å². The van der Waals surface area contributed by atoms with Gasteiger partial charge in [0.15, 0.2) is 5.96 Å². The van der Waals surface area contributed by atoms with Crippen molar-refractivity contribution >= 4 is 41.7 Å². The number of aliphatic imine (C=N–C) groups is 1. The molecule has 0 aromatic heterocycles. The Kier molecular flexibility index (Phi) is 10.6. The third kappa shape index (κ3) is 6.14. The van der Waals surface area contributed by atoms with E-state index in [1.165, 1.54) is 6.42 Å². The molecule has 1 saturated heterocycles.